The molecule has 21 heavy (non-hydrogen) atoms. The molecule has 3 aromatic carbocycles. The Balaban J connectivity index is 2.01. The Hall–Kier alpha value is -2.56. The third-order valence-corrected chi connectivity index (χ3v) is 6.86. The standard InChI is InChI=1S/C20H13Si/c1-2-15-12-13-20-18(14-15)17-10-6-7-11-19(17)21(20)16-8-4-3-5-9-16/h1,3-14H. The molecule has 0 saturated carbocycles. The van der Waals surface area contributed by atoms with Gasteiger partial charge in [0.1, 0.15) is 0 Å². The molecule has 1 heterocycles. The van der Waals surface area contributed by atoms with E-state index in [1.807, 2.05) is 0 Å². The third kappa shape index (κ3) is 1.85. The van der Waals surface area contributed by atoms with Crippen LogP contribution in [0.3, 0.4) is 0 Å². The van der Waals surface area contributed by atoms with Crippen LogP contribution in [-0.2, 0) is 0 Å². The summed E-state index contributed by atoms with van der Waals surface area (Å²) in [5.41, 5.74) is 3.63. The Morgan fingerprint density at radius 2 is 1.43 bits per heavy atom. The first kappa shape index (κ1) is 12.2. The fourth-order valence-corrected chi connectivity index (χ4v) is 5.99. The molecule has 1 aliphatic heterocycles. The van der Waals surface area contributed by atoms with Gasteiger partial charge in [0.15, 0.2) is 8.80 Å². The van der Waals surface area contributed by atoms with Crippen LogP contribution in [0.1, 0.15) is 5.56 Å². The van der Waals surface area contributed by atoms with Gasteiger partial charge in [-0.1, -0.05) is 71.8 Å². The lowest BCUT2D eigenvalue weighted by Crippen LogP contribution is -2.48. The van der Waals surface area contributed by atoms with E-state index < -0.39 is 8.80 Å². The number of benzene rings is 3. The lowest BCUT2D eigenvalue weighted by atomic mass is 10.0. The molecule has 0 aromatic heterocycles. The molecule has 1 radical (unpaired) electrons. The molecule has 0 amide bonds. The molecule has 1 aliphatic rings. The number of hydrogen-bond donors (Lipinski definition) is 0. The van der Waals surface area contributed by atoms with Crippen molar-refractivity contribution >= 4 is 24.4 Å². The number of terminal acetylenes is 1. The fraction of sp³-hybridized carbons (Fsp3) is 0. The summed E-state index contributed by atoms with van der Waals surface area (Å²) in [6.45, 7) is 0. The van der Waals surface area contributed by atoms with Crippen LogP contribution in [0.2, 0.25) is 0 Å². The Kier molecular flexibility index (Phi) is 2.77. The summed E-state index contributed by atoms with van der Waals surface area (Å²) in [5.74, 6) is 2.75. The second-order valence-corrected chi connectivity index (χ2v) is 7.60. The summed E-state index contributed by atoms with van der Waals surface area (Å²) in [7, 11) is -0.896. The van der Waals surface area contributed by atoms with Gasteiger partial charge in [-0.15, -0.1) is 6.42 Å². The van der Waals surface area contributed by atoms with Crippen molar-refractivity contribution in [1.82, 2.24) is 0 Å². The lowest BCUT2D eigenvalue weighted by molar-refractivity contribution is 1.66. The van der Waals surface area contributed by atoms with Gasteiger partial charge in [0.05, 0.1) is 0 Å². The average molecular weight is 281 g/mol. The van der Waals surface area contributed by atoms with Gasteiger partial charge in [-0.2, -0.15) is 0 Å². The van der Waals surface area contributed by atoms with Crippen LogP contribution in [0.15, 0.2) is 72.8 Å². The lowest BCUT2D eigenvalue weighted by Gasteiger charge is -2.11. The summed E-state index contributed by atoms with van der Waals surface area (Å²) >= 11 is 0. The largest absolute Gasteiger partial charge is 0.156 e. The van der Waals surface area contributed by atoms with E-state index in [9.17, 15) is 0 Å². The highest BCUT2D eigenvalue weighted by Gasteiger charge is 2.31. The predicted octanol–water partition coefficient (Wildman–Crippen LogP) is 2.16. The molecule has 0 unspecified atom stereocenters. The second-order valence-electron chi connectivity index (χ2n) is 5.19. The molecule has 97 valence electrons. The van der Waals surface area contributed by atoms with Gasteiger partial charge in [0.2, 0.25) is 0 Å². The maximum atomic E-state index is 5.57. The quantitative estimate of drug-likeness (QED) is 0.370. The zero-order valence-corrected chi connectivity index (χ0v) is 12.5. The van der Waals surface area contributed by atoms with E-state index in [2.05, 4.69) is 78.7 Å². The number of rotatable bonds is 1. The van der Waals surface area contributed by atoms with Crippen molar-refractivity contribution in [1.29, 1.82) is 0 Å². The molecular weight excluding hydrogens is 268 g/mol. The first-order valence-corrected chi connectivity index (χ1v) is 8.51. The smallest absolute Gasteiger partial charge is 0.115 e. The van der Waals surface area contributed by atoms with Crippen molar-refractivity contribution in [3.05, 3.63) is 78.4 Å². The number of hydrogen-bond acceptors (Lipinski definition) is 0. The molecule has 0 aliphatic carbocycles. The Morgan fingerprint density at radius 1 is 0.714 bits per heavy atom. The van der Waals surface area contributed by atoms with Gasteiger partial charge in [-0.3, -0.25) is 0 Å². The van der Waals surface area contributed by atoms with E-state index in [1.54, 1.807) is 0 Å². The van der Waals surface area contributed by atoms with E-state index in [1.165, 1.54) is 26.7 Å². The molecule has 0 bridgehead atoms. The summed E-state index contributed by atoms with van der Waals surface area (Å²) < 4.78 is 0. The van der Waals surface area contributed by atoms with Crippen molar-refractivity contribution in [2.24, 2.45) is 0 Å². The second kappa shape index (κ2) is 4.77. The van der Waals surface area contributed by atoms with Gasteiger partial charge in [-0.05, 0) is 33.6 Å². The molecule has 0 nitrogen and oxygen atoms in total. The molecule has 0 fully saturated rings. The topological polar surface area (TPSA) is 0 Å². The minimum atomic E-state index is -0.896. The zero-order valence-electron chi connectivity index (χ0n) is 11.5. The van der Waals surface area contributed by atoms with Crippen molar-refractivity contribution < 1.29 is 0 Å². The molecule has 1 heteroatoms. The van der Waals surface area contributed by atoms with Crippen LogP contribution < -0.4 is 15.6 Å². The van der Waals surface area contributed by atoms with Crippen LogP contribution in [0, 0.1) is 12.3 Å². The molecule has 4 rings (SSSR count). The van der Waals surface area contributed by atoms with Gasteiger partial charge in [-0.25, -0.2) is 0 Å². The minimum absolute atomic E-state index is 0.896. The Bertz CT molecular complexity index is 857. The highest BCUT2D eigenvalue weighted by Crippen LogP contribution is 2.23. The Morgan fingerprint density at radius 3 is 2.24 bits per heavy atom. The monoisotopic (exact) mass is 281 g/mol. The highest BCUT2D eigenvalue weighted by atomic mass is 28.3. The predicted molar refractivity (Wildman–Crippen MR) is 90.9 cm³/mol. The minimum Gasteiger partial charge on any atom is -0.115 e. The third-order valence-electron chi connectivity index (χ3n) is 4.00. The summed E-state index contributed by atoms with van der Waals surface area (Å²) in [6.07, 6.45) is 5.57. The normalized spacial score (nSPS) is 12.5. The van der Waals surface area contributed by atoms with Crippen molar-refractivity contribution in [3.8, 4) is 23.5 Å². The van der Waals surface area contributed by atoms with E-state index >= 15 is 0 Å². The maximum Gasteiger partial charge on any atom is 0.156 e. The van der Waals surface area contributed by atoms with Crippen LogP contribution in [0.5, 0.6) is 0 Å². The van der Waals surface area contributed by atoms with Crippen molar-refractivity contribution in [2.75, 3.05) is 0 Å². The van der Waals surface area contributed by atoms with Crippen molar-refractivity contribution in [3.63, 3.8) is 0 Å². The first-order chi connectivity index (χ1) is 10.4. The molecule has 3 aromatic rings. The average Bonchev–Trinajstić information content (AvgIpc) is 2.89. The van der Waals surface area contributed by atoms with E-state index in [-0.39, 0.29) is 0 Å². The van der Waals surface area contributed by atoms with E-state index in [0.717, 1.165) is 5.56 Å². The fourth-order valence-electron chi connectivity index (χ4n) is 3.07. The molecule has 0 atom stereocenters. The maximum absolute atomic E-state index is 5.57. The van der Waals surface area contributed by atoms with Crippen molar-refractivity contribution in [2.45, 2.75) is 0 Å². The number of fused-ring (bicyclic) bond motifs is 3. The first-order valence-electron chi connectivity index (χ1n) is 7.01. The molecule has 0 N–H and O–H groups in total. The summed E-state index contributed by atoms with van der Waals surface area (Å²) in [6, 6.07) is 26.0. The van der Waals surface area contributed by atoms with Gasteiger partial charge < -0.3 is 0 Å². The van der Waals surface area contributed by atoms with Gasteiger partial charge >= 0.3 is 0 Å². The van der Waals surface area contributed by atoms with Gasteiger partial charge in [0, 0.05) is 5.56 Å². The van der Waals surface area contributed by atoms with E-state index in [4.69, 9.17) is 6.42 Å². The van der Waals surface area contributed by atoms with Crippen LogP contribution in [0.4, 0.5) is 0 Å². The van der Waals surface area contributed by atoms with E-state index in [0.29, 0.717) is 0 Å². The molecular formula is C20H13Si. The van der Waals surface area contributed by atoms with Crippen LogP contribution in [0.25, 0.3) is 11.1 Å². The SMILES string of the molecule is C#Cc1ccc2c(c1)-c1ccccc1[Si]2c1ccccc1. The van der Waals surface area contributed by atoms with Gasteiger partial charge in [0.25, 0.3) is 0 Å². The Labute approximate surface area is 126 Å². The van der Waals surface area contributed by atoms with Crippen LogP contribution >= 0.6 is 0 Å². The summed E-state index contributed by atoms with van der Waals surface area (Å²) in [4.78, 5) is 0. The van der Waals surface area contributed by atoms with Crippen LogP contribution in [-0.4, -0.2) is 8.80 Å². The molecule has 0 saturated heterocycles. The zero-order chi connectivity index (χ0) is 14.2. The molecule has 0 spiro atoms. The highest BCUT2D eigenvalue weighted by molar-refractivity contribution is 6.99. The summed E-state index contributed by atoms with van der Waals surface area (Å²) in [5, 5.41) is 4.35.